The first-order valence-electron chi connectivity index (χ1n) is 6.74. The van der Waals surface area contributed by atoms with Gasteiger partial charge >= 0.3 is 0 Å². The Morgan fingerprint density at radius 3 is 2.36 bits per heavy atom. The van der Waals surface area contributed by atoms with E-state index >= 15 is 0 Å². The molecule has 0 spiro atoms. The van der Waals surface area contributed by atoms with Crippen LogP contribution in [0.15, 0.2) is 54.6 Å². The zero-order chi connectivity index (χ0) is 15.7. The van der Waals surface area contributed by atoms with Crippen molar-refractivity contribution in [1.82, 2.24) is 0 Å². The average molecular weight is 300 g/mol. The van der Waals surface area contributed by atoms with Gasteiger partial charge < -0.3 is 0 Å². The molecule has 1 fully saturated rings. The van der Waals surface area contributed by atoms with Crippen molar-refractivity contribution < 1.29 is 19.2 Å². The van der Waals surface area contributed by atoms with Crippen LogP contribution in [0.5, 0.6) is 0 Å². The van der Waals surface area contributed by atoms with E-state index in [1.54, 1.807) is 36.4 Å². The van der Waals surface area contributed by atoms with Crippen molar-refractivity contribution in [2.24, 2.45) is 0 Å². The third-order valence-electron chi connectivity index (χ3n) is 3.53. The summed E-state index contributed by atoms with van der Waals surface area (Å²) >= 11 is 0. The van der Waals surface area contributed by atoms with Crippen LogP contribution in [0.25, 0.3) is 0 Å². The molecule has 1 saturated heterocycles. The SMILES string of the molecule is O=C1C[C@H](N(O)c2ccccc2)C(=O)N1c1ccccc1F. The molecule has 2 aromatic carbocycles. The van der Waals surface area contributed by atoms with Crippen molar-refractivity contribution in [2.45, 2.75) is 12.5 Å². The van der Waals surface area contributed by atoms with Gasteiger partial charge in [0.2, 0.25) is 5.91 Å². The summed E-state index contributed by atoms with van der Waals surface area (Å²) in [6.07, 6.45) is -0.210. The fourth-order valence-electron chi connectivity index (χ4n) is 2.45. The molecule has 0 unspecified atom stereocenters. The van der Waals surface area contributed by atoms with Gasteiger partial charge in [-0.2, -0.15) is 0 Å². The van der Waals surface area contributed by atoms with Gasteiger partial charge in [0.25, 0.3) is 5.91 Å². The Morgan fingerprint density at radius 2 is 1.68 bits per heavy atom. The zero-order valence-electron chi connectivity index (χ0n) is 11.5. The molecule has 1 N–H and O–H groups in total. The van der Waals surface area contributed by atoms with Crippen molar-refractivity contribution in [3.05, 3.63) is 60.4 Å². The van der Waals surface area contributed by atoms with E-state index in [4.69, 9.17) is 0 Å². The fraction of sp³-hybridized carbons (Fsp3) is 0.125. The fourth-order valence-corrected chi connectivity index (χ4v) is 2.45. The Morgan fingerprint density at radius 1 is 1.05 bits per heavy atom. The third-order valence-corrected chi connectivity index (χ3v) is 3.53. The normalized spacial score (nSPS) is 17.9. The summed E-state index contributed by atoms with van der Waals surface area (Å²) in [6.45, 7) is 0. The lowest BCUT2D eigenvalue weighted by Crippen LogP contribution is -2.40. The highest BCUT2D eigenvalue weighted by atomic mass is 19.1. The highest BCUT2D eigenvalue weighted by Crippen LogP contribution is 2.29. The Labute approximate surface area is 126 Å². The van der Waals surface area contributed by atoms with Gasteiger partial charge in [0, 0.05) is 0 Å². The van der Waals surface area contributed by atoms with Gasteiger partial charge in [-0.1, -0.05) is 30.3 Å². The topological polar surface area (TPSA) is 60.9 Å². The number of amides is 2. The summed E-state index contributed by atoms with van der Waals surface area (Å²) < 4.78 is 13.8. The van der Waals surface area contributed by atoms with Crippen LogP contribution in [0.3, 0.4) is 0 Å². The predicted molar refractivity (Wildman–Crippen MR) is 78.0 cm³/mol. The summed E-state index contributed by atoms with van der Waals surface area (Å²) in [7, 11) is 0. The first-order valence-corrected chi connectivity index (χ1v) is 6.74. The summed E-state index contributed by atoms with van der Waals surface area (Å²) in [5.74, 6) is -1.86. The Balaban J connectivity index is 1.91. The van der Waals surface area contributed by atoms with E-state index in [9.17, 15) is 19.2 Å². The minimum absolute atomic E-state index is 0.0959. The number of imide groups is 1. The Bertz CT molecular complexity index is 720. The van der Waals surface area contributed by atoms with Crippen LogP contribution in [0, 0.1) is 5.82 Å². The maximum atomic E-state index is 13.8. The molecule has 0 radical (unpaired) electrons. The Hall–Kier alpha value is -2.73. The summed E-state index contributed by atoms with van der Waals surface area (Å²) in [6, 6.07) is 12.9. The van der Waals surface area contributed by atoms with Gasteiger partial charge in [0.05, 0.1) is 17.8 Å². The largest absolute Gasteiger partial charge is 0.288 e. The molecule has 1 heterocycles. The molecule has 2 aromatic rings. The first kappa shape index (κ1) is 14.2. The second kappa shape index (κ2) is 5.57. The van der Waals surface area contributed by atoms with E-state index in [1.807, 2.05) is 0 Å². The number of carbonyl (C=O) groups excluding carboxylic acids is 2. The number of halogens is 1. The number of hydroxylamine groups is 1. The standard InChI is InChI=1S/C16H13FN2O3/c17-12-8-4-5-9-13(12)18-15(20)10-14(16(18)21)19(22)11-6-2-1-3-7-11/h1-9,14,22H,10H2/t14-/m0/s1. The first-order chi connectivity index (χ1) is 10.6. The van der Waals surface area contributed by atoms with Gasteiger partial charge in [-0.05, 0) is 24.3 Å². The summed E-state index contributed by atoms with van der Waals surface area (Å²) in [5.41, 5.74) is 0.297. The molecule has 0 bridgehead atoms. The second-order valence-corrected chi connectivity index (χ2v) is 4.92. The van der Waals surface area contributed by atoms with Crippen LogP contribution in [0.2, 0.25) is 0 Å². The monoisotopic (exact) mass is 300 g/mol. The zero-order valence-corrected chi connectivity index (χ0v) is 11.5. The van der Waals surface area contributed by atoms with Crippen molar-refractivity contribution in [1.29, 1.82) is 0 Å². The number of rotatable bonds is 3. The molecule has 22 heavy (non-hydrogen) atoms. The molecule has 0 saturated carbocycles. The van der Waals surface area contributed by atoms with E-state index in [0.717, 1.165) is 9.96 Å². The lowest BCUT2D eigenvalue weighted by atomic mass is 10.2. The molecule has 0 aliphatic carbocycles. The van der Waals surface area contributed by atoms with E-state index in [0.29, 0.717) is 5.69 Å². The van der Waals surface area contributed by atoms with Gasteiger partial charge in [0.1, 0.15) is 11.9 Å². The quantitative estimate of drug-likeness (QED) is 0.698. The van der Waals surface area contributed by atoms with E-state index in [1.165, 1.54) is 18.2 Å². The molecule has 1 aliphatic heterocycles. The van der Waals surface area contributed by atoms with Crippen LogP contribution in [0.1, 0.15) is 6.42 Å². The molecule has 1 aliphatic rings. The van der Waals surface area contributed by atoms with Gasteiger partial charge in [0.15, 0.2) is 0 Å². The summed E-state index contributed by atoms with van der Waals surface area (Å²) in [4.78, 5) is 25.3. The molecule has 6 heteroatoms. The lowest BCUT2D eigenvalue weighted by molar-refractivity contribution is -0.121. The maximum Gasteiger partial charge on any atom is 0.259 e. The number of nitrogens with zero attached hydrogens (tertiary/aromatic N) is 2. The number of benzene rings is 2. The molecule has 5 nitrogen and oxygen atoms in total. The highest BCUT2D eigenvalue weighted by Gasteiger charge is 2.43. The smallest absolute Gasteiger partial charge is 0.259 e. The highest BCUT2D eigenvalue weighted by molar-refractivity contribution is 6.23. The van der Waals surface area contributed by atoms with Crippen molar-refractivity contribution in [3.63, 3.8) is 0 Å². The van der Waals surface area contributed by atoms with Crippen molar-refractivity contribution in [3.8, 4) is 0 Å². The average Bonchev–Trinajstić information content (AvgIpc) is 2.83. The third kappa shape index (κ3) is 2.33. The molecule has 2 amide bonds. The van der Waals surface area contributed by atoms with Gasteiger partial charge in [-0.15, -0.1) is 0 Å². The summed E-state index contributed by atoms with van der Waals surface area (Å²) in [5, 5.41) is 10.9. The molecule has 3 rings (SSSR count). The van der Waals surface area contributed by atoms with Crippen LogP contribution < -0.4 is 9.96 Å². The number of hydrogen-bond acceptors (Lipinski definition) is 4. The number of hydrogen-bond donors (Lipinski definition) is 1. The number of para-hydroxylation sites is 2. The second-order valence-electron chi connectivity index (χ2n) is 4.92. The number of anilines is 2. The predicted octanol–water partition coefficient (Wildman–Crippen LogP) is 2.35. The van der Waals surface area contributed by atoms with Crippen LogP contribution in [0.4, 0.5) is 15.8 Å². The van der Waals surface area contributed by atoms with Crippen molar-refractivity contribution >= 4 is 23.2 Å². The van der Waals surface area contributed by atoms with Gasteiger partial charge in [-0.3, -0.25) is 14.8 Å². The van der Waals surface area contributed by atoms with Gasteiger partial charge in [-0.25, -0.2) is 14.4 Å². The molecule has 112 valence electrons. The van der Waals surface area contributed by atoms with E-state index in [-0.39, 0.29) is 12.1 Å². The van der Waals surface area contributed by atoms with Crippen LogP contribution in [-0.2, 0) is 9.59 Å². The van der Waals surface area contributed by atoms with E-state index in [2.05, 4.69) is 0 Å². The van der Waals surface area contributed by atoms with Crippen LogP contribution >= 0.6 is 0 Å². The number of carbonyl (C=O) groups is 2. The van der Waals surface area contributed by atoms with Crippen LogP contribution in [-0.4, -0.2) is 23.1 Å². The minimum atomic E-state index is -1.06. The van der Waals surface area contributed by atoms with Crippen molar-refractivity contribution in [2.75, 3.05) is 9.96 Å². The lowest BCUT2D eigenvalue weighted by Gasteiger charge is -2.22. The molecular weight excluding hydrogens is 287 g/mol. The minimum Gasteiger partial charge on any atom is -0.288 e. The molecular formula is C16H13FN2O3. The molecule has 0 aromatic heterocycles. The maximum absolute atomic E-state index is 13.8. The van der Waals surface area contributed by atoms with E-state index < -0.39 is 23.7 Å². The Kier molecular flexibility index (Phi) is 3.60. The molecule has 1 atom stereocenters.